The van der Waals surface area contributed by atoms with Crippen LogP contribution < -0.4 is 10.2 Å². The summed E-state index contributed by atoms with van der Waals surface area (Å²) in [6, 6.07) is 7.09. The lowest BCUT2D eigenvalue weighted by atomic mass is 10.1. The van der Waals surface area contributed by atoms with E-state index < -0.39 is 0 Å². The van der Waals surface area contributed by atoms with Gasteiger partial charge in [0.2, 0.25) is 5.91 Å². The summed E-state index contributed by atoms with van der Waals surface area (Å²) in [5.41, 5.74) is 1.42. The van der Waals surface area contributed by atoms with Gasteiger partial charge in [0.1, 0.15) is 0 Å². The third-order valence-electron chi connectivity index (χ3n) is 5.87. The fraction of sp³-hybridized carbons (Fsp3) is 0.550. The van der Waals surface area contributed by atoms with Gasteiger partial charge in [0, 0.05) is 56.4 Å². The third kappa shape index (κ3) is 3.63. The average molecular weight is 370 g/mol. The molecule has 3 aliphatic rings. The molecule has 0 bridgehead atoms. The highest BCUT2D eigenvalue weighted by Gasteiger charge is 2.30. The van der Waals surface area contributed by atoms with E-state index in [2.05, 4.69) is 5.32 Å². The summed E-state index contributed by atoms with van der Waals surface area (Å²) in [6.45, 7) is 3.67. The minimum atomic E-state index is -0.0999. The van der Waals surface area contributed by atoms with Gasteiger partial charge in [-0.2, -0.15) is 0 Å². The first-order valence-corrected chi connectivity index (χ1v) is 9.87. The zero-order valence-electron chi connectivity index (χ0n) is 15.5. The van der Waals surface area contributed by atoms with Crippen molar-refractivity contribution < 1.29 is 14.4 Å². The molecule has 1 saturated carbocycles. The Hall–Kier alpha value is -2.57. The van der Waals surface area contributed by atoms with Crippen LogP contribution in [0, 0.1) is 5.92 Å². The number of hydrogen-bond acceptors (Lipinski definition) is 3. The normalized spacial score (nSPS) is 20.9. The molecule has 27 heavy (non-hydrogen) atoms. The first kappa shape index (κ1) is 17.8. The van der Waals surface area contributed by atoms with Crippen molar-refractivity contribution in [3.8, 4) is 0 Å². The van der Waals surface area contributed by atoms with Crippen LogP contribution in [0.25, 0.3) is 0 Å². The third-order valence-corrected chi connectivity index (χ3v) is 5.87. The monoisotopic (exact) mass is 370 g/mol. The Morgan fingerprint density at radius 1 is 0.889 bits per heavy atom. The van der Waals surface area contributed by atoms with Crippen molar-refractivity contribution >= 4 is 23.5 Å². The molecule has 1 N–H and O–H groups in total. The number of nitrogens with one attached hydrogen (secondary N) is 1. The molecule has 0 radical (unpaired) electrons. The molecule has 3 fully saturated rings. The van der Waals surface area contributed by atoms with Crippen molar-refractivity contribution in [2.75, 3.05) is 44.2 Å². The van der Waals surface area contributed by atoms with E-state index >= 15 is 0 Å². The highest BCUT2D eigenvalue weighted by Crippen LogP contribution is 2.27. The molecular formula is C20H26N4O3. The fourth-order valence-electron chi connectivity index (χ4n) is 4.25. The van der Waals surface area contributed by atoms with Gasteiger partial charge >= 0.3 is 6.03 Å². The van der Waals surface area contributed by atoms with Gasteiger partial charge in [-0.05, 0) is 37.1 Å². The van der Waals surface area contributed by atoms with Gasteiger partial charge in [-0.25, -0.2) is 4.79 Å². The Morgan fingerprint density at radius 2 is 1.52 bits per heavy atom. The molecule has 1 aromatic carbocycles. The molecule has 2 aliphatic heterocycles. The van der Waals surface area contributed by atoms with E-state index in [-0.39, 0.29) is 23.8 Å². The number of urea groups is 1. The van der Waals surface area contributed by atoms with E-state index in [0.717, 1.165) is 31.4 Å². The number of rotatable bonds is 3. The molecule has 7 heteroatoms. The van der Waals surface area contributed by atoms with Crippen LogP contribution in [0.2, 0.25) is 0 Å². The molecule has 7 nitrogen and oxygen atoms in total. The van der Waals surface area contributed by atoms with Gasteiger partial charge in [-0.1, -0.05) is 12.8 Å². The van der Waals surface area contributed by atoms with E-state index in [1.807, 2.05) is 21.9 Å². The number of nitrogens with zero attached hydrogens (tertiary/aromatic N) is 3. The number of anilines is 1. The van der Waals surface area contributed by atoms with E-state index in [9.17, 15) is 14.4 Å². The van der Waals surface area contributed by atoms with Crippen LogP contribution in [0.3, 0.4) is 0 Å². The zero-order chi connectivity index (χ0) is 18.8. The summed E-state index contributed by atoms with van der Waals surface area (Å²) in [7, 11) is 0. The maximum absolute atomic E-state index is 12.8. The second kappa shape index (κ2) is 7.58. The summed E-state index contributed by atoms with van der Waals surface area (Å²) >= 11 is 0. The van der Waals surface area contributed by atoms with Gasteiger partial charge in [-0.15, -0.1) is 0 Å². The Bertz CT molecular complexity index is 719. The number of hydrogen-bond donors (Lipinski definition) is 1. The van der Waals surface area contributed by atoms with Gasteiger partial charge in [0.05, 0.1) is 0 Å². The molecule has 0 aromatic heterocycles. The number of amides is 4. The molecule has 0 unspecified atom stereocenters. The molecule has 144 valence electrons. The molecule has 2 saturated heterocycles. The molecule has 1 aliphatic carbocycles. The largest absolute Gasteiger partial charge is 0.339 e. The van der Waals surface area contributed by atoms with E-state index in [0.29, 0.717) is 44.8 Å². The van der Waals surface area contributed by atoms with Crippen LogP contribution in [0.15, 0.2) is 24.3 Å². The lowest BCUT2D eigenvalue weighted by molar-refractivity contribution is -0.136. The topological polar surface area (TPSA) is 73.0 Å². The molecule has 0 spiro atoms. The Labute approximate surface area is 159 Å². The van der Waals surface area contributed by atoms with E-state index in [1.54, 1.807) is 17.0 Å². The average Bonchev–Trinajstić information content (AvgIpc) is 3.39. The van der Waals surface area contributed by atoms with Gasteiger partial charge < -0.3 is 15.1 Å². The molecule has 0 atom stereocenters. The first-order valence-electron chi connectivity index (χ1n) is 9.87. The maximum Gasteiger partial charge on any atom is 0.321 e. The molecule has 4 amide bonds. The second-order valence-corrected chi connectivity index (χ2v) is 7.53. The maximum atomic E-state index is 12.8. The fourth-order valence-corrected chi connectivity index (χ4v) is 4.25. The predicted molar refractivity (Wildman–Crippen MR) is 102 cm³/mol. The van der Waals surface area contributed by atoms with E-state index in [4.69, 9.17) is 0 Å². The van der Waals surface area contributed by atoms with Crippen molar-refractivity contribution in [2.24, 2.45) is 5.92 Å². The highest BCUT2D eigenvalue weighted by atomic mass is 16.2. The summed E-state index contributed by atoms with van der Waals surface area (Å²) < 4.78 is 0. The quantitative estimate of drug-likeness (QED) is 0.880. The second-order valence-electron chi connectivity index (χ2n) is 7.53. The minimum Gasteiger partial charge on any atom is -0.339 e. The van der Waals surface area contributed by atoms with Crippen molar-refractivity contribution in [1.29, 1.82) is 0 Å². The van der Waals surface area contributed by atoms with Crippen LogP contribution in [-0.4, -0.2) is 66.9 Å². The summed E-state index contributed by atoms with van der Waals surface area (Å²) in [6.07, 6.45) is 4.34. The van der Waals surface area contributed by atoms with Crippen LogP contribution in [0.5, 0.6) is 0 Å². The predicted octanol–water partition coefficient (Wildman–Crippen LogP) is 1.69. The number of benzene rings is 1. The van der Waals surface area contributed by atoms with Gasteiger partial charge in [0.25, 0.3) is 5.91 Å². The van der Waals surface area contributed by atoms with Crippen LogP contribution in [-0.2, 0) is 4.79 Å². The minimum absolute atomic E-state index is 0.0135. The SMILES string of the molecule is O=C(c1ccc(N2CCNC2=O)cc1)N1CCN(C(=O)C2CCCC2)CC1. The Balaban J connectivity index is 1.33. The van der Waals surface area contributed by atoms with Crippen molar-refractivity contribution in [2.45, 2.75) is 25.7 Å². The summed E-state index contributed by atoms with van der Waals surface area (Å²) in [4.78, 5) is 42.4. The highest BCUT2D eigenvalue weighted by molar-refractivity contribution is 5.97. The van der Waals surface area contributed by atoms with Gasteiger partial charge in [0.15, 0.2) is 0 Å². The standard InChI is InChI=1S/C20H26N4O3/c25-18(15-3-1-2-4-15)22-11-13-23(14-12-22)19(26)16-5-7-17(8-6-16)24-10-9-21-20(24)27/h5-8,15H,1-4,9-14H2,(H,21,27). The molecular weight excluding hydrogens is 344 g/mol. The van der Waals surface area contributed by atoms with Gasteiger partial charge in [-0.3, -0.25) is 14.5 Å². The molecule has 1 aromatic rings. The lowest BCUT2D eigenvalue weighted by Gasteiger charge is -2.36. The Morgan fingerprint density at radius 3 is 2.11 bits per heavy atom. The number of piperazine rings is 1. The number of carbonyl (C=O) groups excluding carboxylic acids is 3. The van der Waals surface area contributed by atoms with Crippen LogP contribution >= 0.6 is 0 Å². The van der Waals surface area contributed by atoms with Crippen LogP contribution in [0.1, 0.15) is 36.0 Å². The molecule has 4 rings (SSSR count). The summed E-state index contributed by atoms with van der Waals surface area (Å²) in [5, 5.41) is 2.77. The zero-order valence-corrected chi connectivity index (χ0v) is 15.5. The molecule has 2 heterocycles. The summed E-state index contributed by atoms with van der Waals surface area (Å²) in [5.74, 6) is 0.454. The first-order chi connectivity index (χ1) is 13.1. The van der Waals surface area contributed by atoms with E-state index in [1.165, 1.54) is 0 Å². The van der Waals surface area contributed by atoms with Crippen molar-refractivity contribution in [3.63, 3.8) is 0 Å². The lowest BCUT2D eigenvalue weighted by Crippen LogP contribution is -2.51. The van der Waals surface area contributed by atoms with Crippen molar-refractivity contribution in [3.05, 3.63) is 29.8 Å². The van der Waals surface area contributed by atoms with Crippen LogP contribution in [0.4, 0.5) is 10.5 Å². The smallest absolute Gasteiger partial charge is 0.321 e. The number of carbonyl (C=O) groups is 3. The van der Waals surface area contributed by atoms with Crippen molar-refractivity contribution in [1.82, 2.24) is 15.1 Å². The Kier molecular flexibility index (Phi) is 5.01.